The van der Waals surface area contributed by atoms with Crippen LogP contribution in [0.15, 0.2) is 83.7 Å². The summed E-state index contributed by atoms with van der Waals surface area (Å²) in [6.45, 7) is 6.03. The second-order valence-corrected chi connectivity index (χ2v) is 11.4. The Kier molecular flexibility index (Phi) is 9.14. The maximum atomic E-state index is 13.2. The van der Waals surface area contributed by atoms with Gasteiger partial charge in [-0.25, -0.2) is 4.98 Å². The zero-order valence-electron chi connectivity index (χ0n) is 23.6. The number of nitrogens with zero attached hydrogens (tertiary/aromatic N) is 3. The normalized spacial score (nSPS) is 11.3. The Bertz CT molecular complexity index is 1610. The lowest BCUT2D eigenvalue weighted by Gasteiger charge is -2.24. The van der Waals surface area contributed by atoms with Crippen LogP contribution in [0.3, 0.4) is 0 Å². The molecule has 2 aromatic carbocycles. The molecule has 5 rings (SSSR count). The Morgan fingerprint density at radius 3 is 2.26 bits per heavy atom. The average molecular weight is 602 g/mol. The van der Waals surface area contributed by atoms with Gasteiger partial charge in [0.05, 0.1) is 30.3 Å². The minimum absolute atomic E-state index is 0.140. The zero-order chi connectivity index (χ0) is 29.5. The predicted molar refractivity (Wildman–Crippen MR) is 164 cm³/mol. The van der Waals surface area contributed by atoms with E-state index in [9.17, 15) is 9.59 Å². The van der Waals surface area contributed by atoms with Gasteiger partial charge in [-0.05, 0) is 49.9 Å². The maximum Gasteiger partial charge on any atom is 0.327 e. The minimum atomic E-state index is -1.67. The van der Waals surface area contributed by atoms with E-state index in [0.29, 0.717) is 24.4 Å². The number of ether oxygens (including phenoxy) is 3. The van der Waals surface area contributed by atoms with Gasteiger partial charge >= 0.3 is 11.9 Å². The number of benzene rings is 2. The molecule has 3 heterocycles. The Balaban J connectivity index is 1.34. The highest BCUT2D eigenvalue weighted by Crippen LogP contribution is 2.37. The zero-order valence-corrected chi connectivity index (χ0v) is 25.2. The molecule has 0 amide bonds. The molecule has 0 unspecified atom stereocenters. The quantitative estimate of drug-likeness (QED) is 0.115. The first kappa shape index (κ1) is 29.2. The highest BCUT2D eigenvalue weighted by molar-refractivity contribution is 7.13. The second kappa shape index (κ2) is 13.1. The summed E-state index contributed by atoms with van der Waals surface area (Å²) in [4.78, 5) is 31.9. The van der Waals surface area contributed by atoms with Crippen molar-refractivity contribution < 1.29 is 23.8 Å². The average Bonchev–Trinajstić information content (AvgIpc) is 3.79. The molecule has 0 fully saturated rings. The molecular formula is C32H31N3O5S2. The van der Waals surface area contributed by atoms with Crippen LogP contribution in [-0.2, 0) is 37.6 Å². The van der Waals surface area contributed by atoms with Gasteiger partial charge in [0.15, 0.2) is 5.41 Å². The first-order chi connectivity index (χ1) is 20.4. The number of rotatable bonds is 12. The van der Waals surface area contributed by atoms with E-state index in [2.05, 4.69) is 4.98 Å². The van der Waals surface area contributed by atoms with E-state index in [-0.39, 0.29) is 13.2 Å². The molecule has 216 valence electrons. The third-order valence-electron chi connectivity index (χ3n) is 6.65. The van der Waals surface area contributed by atoms with Crippen molar-refractivity contribution >= 4 is 34.6 Å². The molecule has 0 saturated carbocycles. The number of esters is 2. The number of aromatic nitrogens is 3. The predicted octanol–water partition coefficient (Wildman–Crippen LogP) is 6.75. The molecule has 0 aliphatic carbocycles. The van der Waals surface area contributed by atoms with Crippen molar-refractivity contribution in [3.8, 4) is 26.9 Å². The van der Waals surface area contributed by atoms with Crippen molar-refractivity contribution in [3.63, 3.8) is 0 Å². The molecule has 0 N–H and O–H groups in total. The van der Waals surface area contributed by atoms with Crippen LogP contribution in [0.2, 0.25) is 0 Å². The van der Waals surface area contributed by atoms with Gasteiger partial charge in [0.25, 0.3) is 0 Å². The van der Waals surface area contributed by atoms with Crippen LogP contribution >= 0.6 is 22.7 Å². The minimum Gasteiger partial charge on any atom is -0.487 e. The van der Waals surface area contributed by atoms with Crippen molar-refractivity contribution in [2.75, 3.05) is 13.2 Å². The summed E-state index contributed by atoms with van der Waals surface area (Å²) in [6, 6.07) is 21.6. The molecule has 0 atom stereocenters. The van der Waals surface area contributed by atoms with Crippen LogP contribution in [0.1, 0.15) is 37.6 Å². The van der Waals surface area contributed by atoms with Gasteiger partial charge in [-0.15, -0.1) is 22.7 Å². The number of carbonyl (C=O) groups excluding carboxylic acids is 2. The number of hydrogen-bond acceptors (Lipinski definition) is 9. The first-order valence-corrected chi connectivity index (χ1v) is 15.4. The van der Waals surface area contributed by atoms with E-state index in [1.807, 2.05) is 77.5 Å². The molecule has 10 heteroatoms. The molecule has 0 aliphatic heterocycles. The van der Waals surface area contributed by atoms with Crippen molar-refractivity contribution in [3.05, 3.63) is 101 Å². The summed E-state index contributed by atoms with van der Waals surface area (Å²) in [5.74, 6) is -0.609. The van der Waals surface area contributed by atoms with Gasteiger partial charge in [-0.3, -0.25) is 14.3 Å². The number of hydrogen-bond donors (Lipinski definition) is 0. The number of carbonyl (C=O) groups is 2. The number of thiophene rings is 1. The summed E-state index contributed by atoms with van der Waals surface area (Å²) >= 11 is 3.08. The first-order valence-electron chi connectivity index (χ1n) is 13.6. The Labute approximate surface area is 252 Å². The monoisotopic (exact) mass is 601 g/mol. The van der Waals surface area contributed by atoms with Crippen molar-refractivity contribution in [1.29, 1.82) is 0 Å². The van der Waals surface area contributed by atoms with Gasteiger partial charge in [-0.2, -0.15) is 5.10 Å². The van der Waals surface area contributed by atoms with E-state index in [1.165, 1.54) is 11.3 Å². The van der Waals surface area contributed by atoms with Gasteiger partial charge in [0.2, 0.25) is 0 Å². The van der Waals surface area contributed by atoms with Gasteiger partial charge in [0.1, 0.15) is 23.1 Å². The smallest absolute Gasteiger partial charge is 0.327 e. The van der Waals surface area contributed by atoms with Crippen molar-refractivity contribution in [2.45, 2.75) is 39.3 Å². The molecular weight excluding hydrogens is 571 g/mol. The molecule has 3 aromatic heterocycles. The Morgan fingerprint density at radius 2 is 1.62 bits per heavy atom. The van der Waals surface area contributed by atoms with E-state index in [0.717, 1.165) is 32.5 Å². The lowest BCUT2D eigenvalue weighted by Crippen LogP contribution is -2.43. The highest BCUT2D eigenvalue weighted by atomic mass is 32.1. The Morgan fingerprint density at radius 1 is 0.905 bits per heavy atom. The topological polar surface area (TPSA) is 92.5 Å². The van der Waals surface area contributed by atoms with Crippen molar-refractivity contribution in [2.24, 2.45) is 0 Å². The molecule has 5 aromatic rings. The molecule has 0 saturated heterocycles. The molecule has 0 aliphatic rings. The molecule has 0 radical (unpaired) electrons. The fourth-order valence-corrected chi connectivity index (χ4v) is 5.97. The van der Waals surface area contributed by atoms with Crippen LogP contribution in [0, 0.1) is 0 Å². The molecule has 0 spiro atoms. The van der Waals surface area contributed by atoms with Gasteiger partial charge in [-0.1, -0.05) is 48.5 Å². The standard InChI is InChI=1S/C32H31N3O5S2/c1-4-38-30(36)32(3,31(37)39-5-2)26-19-35(34-28(26)27-12-9-17-41-27)18-22-13-15-25(16-14-22)40-20-24-21-42-29(33-24)23-10-7-6-8-11-23/h6-17,19,21H,4-5,18,20H2,1-3H3. The summed E-state index contributed by atoms with van der Waals surface area (Å²) in [5, 5.41) is 9.70. The third-order valence-corrected chi connectivity index (χ3v) is 8.47. The van der Waals surface area contributed by atoms with Crippen LogP contribution < -0.4 is 4.74 Å². The molecule has 0 bridgehead atoms. The van der Waals surface area contributed by atoms with E-state index >= 15 is 0 Å². The van der Waals surface area contributed by atoms with Crippen LogP contribution in [0.4, 0.5) is 0 Å². The largest absolute Gasteiger partial charge is 0.487 e. The highest BCUT2D eigenvalue weighted by Gasteiger charge is 2.49. The van der Waals surface area contributed by atoms with Crippen LogP contribution in [0.5, 0.6) is 5.75 Å². The lowest BCUT2D eigenvalue weighted by molar-refractivity contribution is -0.163. The summed E-state index contributed by atoms with van der Waals surface area (Å²) in [5.41, 5.74) is 2.26. The maximum absolute atomic E-state index is 13.2. The Hall–Kier alpha value is -4.28. The second-order valence-electron chi connectivity index (χ2n) is 9.57. The van der Waals surface area contributed by atoms with E-state index < -0.39 is 17.4 Å². The van der Waals surface area contributed by atoms with Gasteiger partial charge < -0.3 is 14.2 Å². The summed E-state index contributed by atoms with van der Waals surface area (Å²) in [7, 11) is 0. The van der Waals surface area contributed by atoms with Crippen LogP contribution in [-0.4, -0.2) is 39.9 Å². The van der Waals surface area contributed by atoms with E-state index in [1.54, 1.807) is 43.0 Å². The SMILES string of the molecule is CCOC(=O)C(C)(C(=O)OCC)c1cn(Cc2ccc(OCc3csc(-c4ccccc4)n3)cc2)nc1-c1cccs1. The lowest BCUT2D eigenvalue weighted by atomic mass is 9.82. The summed E-state index contributed by atoms with van der Waals surface area (Å²) in [6.07, 6.45) is 1.74. The van der Waals surface area contributed by atoms with Gasteiger partial charge in [0, 0.05) is 22.7 Å². The molecule has 42 heavy (non-hydrogen) atoms. The van der Waals surface area contributed by atoms with E-state index in [4.69, 9.17) is 19.3 Å². The van der Waals surface area contributed by atoms with Crippen LogP contribution in [0.25, 0.3) is 21.1 Å². The fraction of sp³-hybridized carbons (Fsp3) is 0.250. The van der Waals surface area contributed by atoms with Crippen molar-refractivity contribution in [1.82, 2.24) is 14.8 Å². The summed E-state index contributed by atoms with van der Waals surface area (Å²) < 4.78 is 18.4. The molecule has 8 nitrogen and oxygen atoms in total. The third kappa shape index (κ3) is 6.29. The number of thiazole rings is 1. The fourth-order valence-electron chi connectivity index (χ4n) is 4.44.